The Kier molecular flexibility index (Phi) is 6.42. The van der Waals surface area contributed by atoms with Crippen molar-refractivity contribution in [2.24, 2.45) is 0 Å². The van der Waals surface area contributed by atoms with Gasteiger partial charge in [0.05, 0.1) is 16.7 Å². The van der Waals surface area contributed by atoms with Crippen molar-refractivity contribution < 1.29 is 0 Å². The summed E-state index contributed by atoms with van der Waals surface area (Å²) >= 11 is 1.86. The number of fused-ring (bicyclic) bond motifs is 10. The highest BCUT2D eigenvalue weighted by Crippen LogP contribution is 2.39. The molecular weight excluding hydrogens is 651 g/mol. The SMILES string of the molecule is c1ccc(-n2c3cccc(c3)c3cccc(c3)n(-c3cccc4c5ccccc5n(-c5ccccc5)c34)c3ccc4sc5ccc2cc5c4c3)cc1. The summed E-state index contributed by atoms with van der Waals surface area (Å²) in [7, 11) is 0. The van der Waals surface area contributed by atoms with Crippen LogP contribution in [-0.4, -0.2) is 13.7 Å². The van der Waals surface area contributed by atoms with Crippen LogP contribution in [0.15, 0.2) is 188 Å². The molecule has 0 fully saturated rings. The zero-order valence-electron chi connectivity index (χ0n) is 28.1. The number of benzene rings is 8. The molecule has 11 rings (SSSR count). The molecule has 0 spiro atoms. The van der Waals surface area contributed by atoms with Crippen molar-refractivity contribution >= 4 is 86.2 Å². The summed E-state index contributed by atoms with van der Waals surface area (Å²) in [4.78, 5) is 0. The highest BCUT2D eigenvalue weighted by molar-refractivity contribution is 7.25. The molecular formula is C48H31N3S. The maximum absolute atomic E-state index is 2.46. The maximum atomic E-state index is 2.46. The molecule has 0 aliphatic rings. The van der Waals surface area contributed by atoms with Crippen LogP contribution in [0.4, 0.5) is 0 Å². The lowest BCUT2D eigenvalue weighted by atomic mass is 10.1. The molecule has 0 aliphatic carbocycles. The third kappa shape index (κ3) is 4.45. The van der Waals surface area contributed by atoms with Gasteiger partial charge in [0, 0.05) is 64.4 Å². The van der Waals surface area contributed by atoms with Gasteiger partial charge in [0.2, 0.25) is 0 Å². The molecule has 244 valence electrons. The lowest BCUT2D eigenvalue weighted by Gasteiger charge is -2.16. The van der Waals surface area contributed by atoms with E-state index in [1.165, 1.54) is 47.4 Å². The molecule has 0 unspecified atom stereocenters. The summed E-state index contributed by atoms with van der Waals surface area (Å²) in [6.07, 6.45) is 0. The van der Waals surface area contributed by atoms with E-state index in [9.17, 15) is 0 Å². The van der Waals surface area contributed by atoms with Gasteiger partial charge in [-0.2, -0.15) is 0 Å². The zero-order chi connectivity index (χ0) is 34.2. The van der Waals surface area contributed by atoms with E-state index in [1.807, 2.05) is 11.3 Å². The van der Waals surface area contributed by atoms with E-state index in [0.717, 1.165) is 44.5 Å². The van der Waals surface area contributed by atoms with E-state index in [-0.39, 0.29) is 0 Å². The van der Waals surface area contributed by atoms with Crippen LogP contribution in [0.1, 0.15) is 0 Å². The quantitative estimate of drug-likeness (QED) is 0.176. The zero-order valence-corrected chi connectivity index (χ0v) is 29.0. The molecule has 0 saturated carbocycles. The fourth-order valence-corrected chi connectivity index (χ4v) is 9.23. The predicted molar refractivity (Wildman–Crippen MR) is 222 cm³/mol. The van der Waals surface area contributed by atoms with Gasteiger partial charge in [0.1, 0.15) is 0 Å². The Balaban J connectivity index is 1.36. The highest BCUT2D eigenvalue weighted by Gasteiger charge is 2.18. The summed E-state index contributed by atoms with van der Waals surface area (Å²) in [5.41, 5.74) is 10.3. The Labute approximate surface area is 303 Å². The second-order valence-corrected chi connectivity index (χ2v) is 14.5. The first-order valence-corrected chi connectivity index (χ1v) is 18.5. The van der Waals surface area contributed by atoms with Crippen molar-refractivity contribution in [3.63, 3.8) is 0 Å². The standard InChI is InChI=1S/C48H31N3S/c1-3-14-34(15-4-1)49-36-18-9-12-32(28-36)33-13-10-19-37(29-33)50(39-25-27-47-43(31-39)42-30-38(49)24-26-46(42)52-47)45-23-11-21-41-40-20-7-8-22-44(40)51(48(41)45)35-16-5-2-6-17-35/h1-31H. The highest BCUT2D eigenvalue weighted by atomic mass is 32.1. The molecule has 0 radical (unpaired) electrons. The Morgan fingerprint density at radius 1 is 0.327 bits per heavy atom. The third-order valence-electron chi connectivity index (χ3n) is 10.4. The van der Waals surface area contributed by atoms with Crippen LogP contribution >= 0.6 is 11.3 Å². The second-order valence-electron chi connectivity index (χ2n) is 13.4. The van der Waals surface area contributed by atoms with Crippen LogP contribution < -0.4 is 0 Å². The number of rotatable bonds is 3. The number of para-hydroxylation sites is 4. The van der Waals surface area contributed by atoms with E-state index in [2.05, 4.69) is 202 Å². The molecule has 0 atom stereocenters. The van der Waals surface area contributed by atoms with E-state index in [4.69, 9.17) is 0 Å². The normalized spacial score (nSPS) is 11.8. The Bertz CT molecular complexity index is 3230. The molecule has 0 saturated heterocycles. The van der Waals surface area contributed by atoms with Gasteiger partial charge in [-0.1, -0.05) is 91.0 Å². The topological polar surface area (TPSA) is 14.8 Å². The van der Waals surface area contributed by atoms with E-state index in [1.54, 1.807) is 0 Å². The number of nitrogens with zero attached hydrogens (tertiary/aromatic N) is 3. The Morgan fingerprint density at radius 3 is 1.52 bits per heavy atom. The summed E-state index contributed by atoms with van der Waals surface area (Å²) in [6, 6.07) is 68.9. The molecule has 8 bridgehead atoms. The Morgan fingerprint density at radius 2 is 0.846 bits per heavy atom. The van der Waals surface area contributed by atoms with Crippen LogP contribution in [0.2, 0.25) is 0 Å². The number of aromatic nitrogens is 3. The first kappa shape index (κ1) is 29.1. The van der Waals surface area contributed by atoms with Gasteiger partial charge in [-0.15, -0.1) is 11.3 Å². The van der Waals surface area contributed by atoms with Crippen LogP contribution in [0.3, 0.4) is 0 Å². The van der Waals surface area contributed by atoms with Gasteiger partial charge < -0.3 is 13.7 Å². The van der Waals surface area contributed by atoms with Crippen molar-refractivity contribution in [1.29, 1.82) is 0 Å². The minimum absolute atomic E-state index is 1.11. The van der Waals surface area contributed by atoms with E-state index < -0.39 is 0 Å². The van der Waals surface area contributed by atoms with Crippen molar-refractivity contribution in [2.75, 3.05) is 0 Å². The van der Waals surface area contributed by atoms with Crippen molar-refractivity contribution in [3.8, 4) is 17.1 Å². The largest absolute Gasteiger partial charge is 0.310 e. The molecule has 0 aliphatic heterocycles. The van der Waals surface area contributed by atoms with Crippen LogP contribution in [0.25, 0.3) is 91.9 Å². The van der Waals surface area contributed by atoms with Gasteiger partial charge in [-0.05, 0) is 108 Å². The van der Waals surface area contributed by atoms with Crippen LogP contribution in [0.5, 0.6) is 0 Å². The monoisotopic (exact) mass is 681 g/mol. The van der Waals surface area contributed by atoms with Crippen molar-refractivity contribution in [1.82, 2.24) is 13.7 Å². The fourth-order valence-electron chi connectivity index (χ4n) is 8.16. The summed E-state index contributed by atoms with van der Waals surface area (Å²) in [5.74, 6) is 0. The fraction of sp³-hybridized carbons (Fsp3) is 0. The van der Waals surface area contributed by atoms with Crippen molar-refractivity contribution in [3.05, 3.63) is 188 Å². The van der Waals surface area contributed by atoms with E-state index >= 15 is 0 Å². The number of thiophene rings is 1. The predicted octanol–water partition coefficient (Wildman–Crippen LogP) is 13.3. The average Bonchev–Trinajstić information content (AvgIpc) is 3.75. The average molecular weight is 682 g/mol. The lowest BCUT2D eigenvalue weighted by Crippen LogP contribution is -2.02. The smallest absolute Gasteiger partial charge is 0.0782 e. The first-order valence-electron chi connectivity index (χ1n) is 17.7. The minimum atomic E-state index is 1.11. The van der Waals surface area contributed by atoms with Crippen LogP contribution in [-0.2, 0) is 0 Å². The molecule has 52 heavy (non-hydrogen) atoms. The van der Waals surface area contributed by atoms with Gasteiger partial charge in [0.15, 0.2) is 0 Å². The van der Waals surface area contributed by atoms with E-state index in [0.29, 0.717) is 0 Å². The third-order valence-corrected chi connectivity index (χ3v) is 11.6. The van der Waals surface area contributed by atoms with Crippen molar-refractivity contribution in [2.45, 2.75) is 0 Å². The molecule has 3 aromatic heterocycles. The minimum Gasteiger partial charge on any atom is -0.310 e. The molecule has 3 heterocycles. The molecule has 4 heteroatoms. The number of hydrogen-bond donors (Lipinski definition) is 0. The summed E-state index contributed by atoms with van der Waals surface area (Å²) in [6.45, 7) is 0. The summed E-state index contributed by atoms with van der Waals surface area (Å²) < 4.78 is 9.83. The maximum Gasteiger partial charge on any atom is 0.0782 e. The number of hydrogen-bond acceptors (Lipinski definition) is 1. The molecule has 8 aromatic carbocycles. The van der Waals surface area contributed by atoms with Gasteiger partial charge >= 0.3 is 0 Å². The first-order chi connectivity index (χ1) is 25.8. The lowest BCUT2D eigenvalue weighted by molar-refractivity contribution is 1.12. The van der Waals surface area contributed by atoms with Gasteiger partial charge in [-0.3, -0.25) is 0 Å². The molecule has 0 amide bonds. The van der Waals surface area contributed by atoms with Gasteiger partial charge in [0.25, 0.3) is 0 Å². The molecule has 11 aromatic rings. The summed E-state index contributed by atoms with van der Waals surface area (Å²) in [5, 5.41) is 7.33. The molecule has 3 nitrogen and oxygen atoms in total. The van der Waals surface area contributed by atoms with Gasteiger partial charge in [-0.25, -0.2) is 0 Å². The second kappa shape index (κ2) is 11.5. The van der Waals surface area contributed by atoms with Crippen LogP contribution in [0, 0.1) is 0 Å². The Hall–Kier alpha value is -6.62. The molecule has 0 N–H and O–H groups in total.